The van der Waals surface area contributed by atoms with Gasteiger partial charge in [0.05, 0.1) is 16.2 Å². The van der Waals surface area contributed by atoms with E-state index < -0.39 is 9.84 Å². The van der Waals surface area contributed by atoms with Crippen LogP contribution in [0.1, 0.15) is 26.3 Å². The fourth-order valence-corrected chi connectivity index (χ4v) is 5.20. The summed E-state index contributed by atoms with van der Waals surface area (Å²) in [5.74, 6) is -0.735. The zero-order chi connectivity index (χ0) is 23.4. The van der Waals surface area contributed by atoms with Crippen molar-refractivity contribution in [1.29, 1.82) is 0 Å². The minimum atomic E-state index is -3.52. The van der Waals surface area contributed by atoms with Crippen LogP contribution in [0, 0.1) is 0 Å². The number of nitrogens with zero attached hydrogens (tertiary/aromatic N) is 2. The molecule has 4 rings (SSSR count). The van der Waals surface area contributed by atoms with Gasteiger partial charge in [-0.3, -0.25) is 9.59 Å². The van der Waals surface area contributed by atoms with Crippen LogP contribution in [0.4, 0.5) is 0 Å². The first-order chi connectivity index (χ1) is 15.8. The summed E-state index contributed by atoms with van der Waals surface area (Å²) in [4.78, 5) is 29.2. The summed E-state index contributed by atoms with van der Waals surface area (Å²) >= 11 is 0. The van der Waals surface area contributed by atoms with Gasteiger partial charge in [0.2, 0.25) is 0 Å². The van der Waals surface area contributed by atoms with Gasteiger partial charge in [0.1, 0.15) is 5.75 Å². The van der Waals surface area contributed by atoms with E-state index in [2.05, 4.69) is 0 Å². The molecule has 7 nitrogen and oxygen atoms in total. The minimum Gasteiger partial charge on any atom is -0.507 e. The van der Waals surface area contributed by atoms with E-state index in [0.717, 1.165) is 0 Å². The van der Waals surface area contributed by atoms with E-state index in [1.54, 1.807) is 82.6 Å². The fraction of sp³-hybridized carbons (Fsp3) is 0.200. The second kappa shape index (κ2) is 9.46. The van der Waals surface area contributed by atoms with Crippen LogP contribution in [0.2, 0.25) is 0 Å². The van der Waals surface area contributed by atoms with E-state index in [0.29, 0.717) is 37.3 Å². The number of phenolic OH excluding ortho intramolecular Hbond substituents is 1. The lowest BCUT2D eigenvalue weighted by Gasteiger charge is -2.35. The van der Waals surface area contributed by atoms with Crippen LogP contribution in [-0.2, 0) is 15.6 Å². The van der Waals surface area contributed by atoms with Crippen molar-refractivity contribution in [2.75, 3.05) is 26.2 Å². The molecule has 0 radical (unpaired) electrons. The van der Waals surface area contributed by atoms with E-state index in [9.17, 15) is 23.1 Å². The number of piperazine rings is 1. The third-order valence-electron chi connectivity index (χ3n) is 5.62. The van der Waals surface area contributed by atoms with Gasteiger partial charge in [0.15, 0.2) is 9.84 Å². The lowest BCUT2D eigenvalue weighted by molar-refractivity contribution is 0.0533. The number of hydrogen-bond donors (Lipinski definition) is 1. The zero-order valence-corrected chi connectivity index (χ0v) is 18.7. The Morgan fingerprint density at radius 3 is 2.03 bits per heavy atom. The topological polar surface area (TPSA) is 95.0 Å². The average molecular weight is 465 g/mol. The van der Waals surface area contributed by atoms with Crippen molar-refractivity contribution < 1.29 is 23.1 Å². The molecule has 1 aliphatic heterocycles. The molecule has 33 heavy (non-hydrogen) atoms. The van der Waals surface area contributed by atoms with Gasteiger partial charge in [-0.15, -0.1) is 0 Å². The van der Waals surface area contributed by atoms with Crippen LogP contribution < -0.4 is 0 Å². The Morgan fingerprint density at radius 2 is 1.36 bits per heavy atom. The Morgan fingerprint density at radius 1 is 0.758 bits per heavy atom. The third-order valence-corrected chi connectivity index (χ3v) is 7.33. The number of aromatic hydroxyl groups is 1. The van der Waals surface area contributed by atoms with E-state index >= 15 is 0 Å². The molecule has 3 aromatic rings. The number of rotatable bonds is 5. The van der Waals surface area contributed by atoms with Crippen molar-refractivity contribution in [3.63, 3.8) is 0 Å². The molecule has 0 atom stereocenters. The summed E-state index contributed by atoms with van der Waals surface area (Å²) in [6.07, 6.45) is 0. The van der Waals surface area contributed by atoms with Crippen molar-refractivity contribution in [2.24, 2.45) is 0 Å². The number of sulfone groups is 1. The van der Waals surface area contributed by atoms with Gasteiger partial charge in [0.25, 0.3) is 11.8 Å². The largest absolute Gasteiger partial charge is 0.507 e. The molecule has 1 aliphatic rings. The molecule has 0 saturated carbocycles. The number of phenols is 1. The fourth-order valence-electron chi connectivity index (χ4n) is 3.84. The highest BCUT2D eigenvalue weighted by Gasteiger charge is 2.27. The van der Waals surface area contributed by atoms with Crippen LogP contribution in [0.3, 0.4) is 0 Å². The summed E-state index contributed by atoms with van der Waals surface area (Å²) in [6, 6.07) is 21.3. The van der Waals surface area contributed by atoms with Crippen LogP contribution in [-0.4, -0.2) is 61.3 Å². The molecule has 2 amide bonds. The second-order valence-electron chi connectivity index (χ2n) is 7.87. The highest BCUT2D eigenvalue weighted by molar-refractivity contribution is 7.90. The molecule has 0 spiro atoms. The van der Waals surface area contributed by atoms with Crippen LogP contribution >= 0.6 is 0 Å². The number of hydrogen-bond acceptors (Lipinski definition) is 5. The summed E-state index contributed by atoms with van der Waals surface area (Å²) in [5, 5.41) is 9.92. The average Bonchev–Trinajstić information content (AvgIpc) is 2.84. The van der Waals surface area contributed by atoms with Crippen molar-refractivity contribution in [3.05, 3.63) is 95.6 Å². The molecule has 0 aliphatic carbocycles. The molecule has 1 fully saturated rings. The highest BCUT2D eigenvalue weighted by Crippen LogP contribution is 2.20. The van der Waals surface area contributed by atoms with Gasteiger partial charge in [-0.1, -0.05) is 42.5 Å². The van der Waals surface area contributed by atoms with Crippen molar-refractivity contribution in [1.82, 2.24) is 9.80 Å². The highest BCUT2D eigenvalue weighted by atomic mass is 32.2. The number of amides is 2. The van der Waals surface area contributed by atoms with Crippen LogP contribution in [0.5, 0.6) is 5.75 Å². The maximum absolute atomic E-state index is 13.0. The van der Waals surface area contributed by atoms with Gasteiger partial charge >= 0.3 is 0 Å². The predicted octanol–water partition coefficient (Wildman–Crippen LogP) is 2.96. The van der Waals surface area contributed by atoms with Gasteiger partial charge in [-0.05, 0) is 42.0 Å². The summed E-state index contributed by atoms with van der Waals surface area (Å²) < 4.78 is 25.3. The molecule has 8 heteroatoms. The third kappa shape index (κ3) is 5.06. The quantitative estimate of drug-likeness (QED) is 0.627. The predicted molar refractivity (Wildman–Crippen MR) is 124 cm³/mol. The molecule has 1 heterocycles. The molecular weight excluding hydrogens is 440 g/mol. The van der Waals surface area contributed by atoms with E-state index in [4.69, 9.17) is 0 Å². The van der Waals surface area contributed by atoms with Crippen LogP contribution in [0.25, 0.3) is 0 Å². The molecule has 170 valence electrons. The monoisotopic (exact) mass is 464 g/mol. The maximum atomic E-state index is 13.0. The van der Waals surface area contributed by atoms with Gasteiger partial charge in [0, 0.05) is 31.7 Å². The van der Waals surface area contributed by atoms with E-state index in [1.165, 1.54) is 6.07 Å². The lowest BCUT2D eigenvalue weighted by atomic mass is 10.1. The van der Waals surface area contributed by atoms with E-state index in [-0.39, 0.29) is 33.8 Å². The first kappa shape index (κ1) is 22.5. The second-order valence-corrected chi connectivity index (χ2v) is 9.86. The van der Waals surface area contributed by atoms with Gasteiger partial charge in [-0.25, -0.2) is 8.42 Å². The van der Waals surface area contributed by atoms with Crippen molar-refractivity contribution >= 4 is 21.7 Å². The molecule has 0 unspecified atom stereocenters. The minimum absolute atomic E-state index is 0.0664. The van der Waals surface area contributed by atoms with Gasteiger partial charge in [-0.2, -0.15) is 0 Å². The molecular formula is C25H24N2O5S. The Balaban J connectivity index is 1.41. The summed E-state index contributed by atoms with van der Waals surface area (Å²) in [6.45, 7) is 1.40. The number of benzene rings is 3. The number of carbonyl (C=O) groups excluding carboxylic acids is 2. The normalized spacial score (nSPS) is 14.2. The van der Waals surface area contributed by atoms with Crippen molar-refractivity contribution in [2.45, 2.75) is 10.6 Å². The molecule has 1 saturated heterocycles. The summed E-state index contributed by atoms with van der Waals surface area (Å²) in [7, 11) is -3.52. The molecule has 1 N–H and O–H groups in total. The Labute approximate surface area is 192 Å². The SMILES string of the molecule is O=C(c1cccc(CS(=O)(=O)c2ccccc2)c1)N1CCN(C(=O)c2ccccc2O)CC1. The molecule has 0 aromatic heterocycles. The lowest BCUT2D eigenvalue weighted by Crippen LogP contribution is -2.50. The smallest absolute Gasteiger partial charge is 0.257 e. The molecule has 3 aromatic carbocycles. The molecule has 0 bridgehead atoms. The summed E-state index contributed by atoms with van der Waals surface area (Å²) in [5.41, 5.74) is 1.19. The maximum Gasteiger partial charge on any atom is 0.257 e. The zero-order valence-electron chi connectivity index (χ0n) is 17.9. The standard InChI is InChI=1S/C25H24N2O5S/c28-23-12-5-4-11-22(23)25(30)27-15-13-26(14-16-27)24(29)20-8-6-7-19(17-20)18-33(31,32)21-9-2-1-3-10-21/h1-12,17,28H,13-16,18H2. The van der Waals surface area contributed by atoms with Crippen molar-refractivity contribution in [3.8, 4) is 5.75 Å². The van der Waals surface area contributed by atoms with E-state index in [1.807, 2.05) is 0 Å². The van der Waals surface area contributed by atoms with Crippen LogP contribution in [0.15, 0.2) is 83.8 Å². The first-order valence-corrected chi connectivity index (χ1v) is 12.2. The Hall–Kier alpha value is -3.65. The Kier molecular flexibility index (Phi) is 6.46. The first-order valence-electron chi connectivity index (χ1n) is 10.6. The number of carbonyl (C=O) groups is 2. The van der Waals surface area contributed by atoms with Gasteiger partial charge < -0.3 is 14.9 Å². The number of para-hydroxylation sites is 1. The Bertz CT molecular complexity index is 1270.